The third-order valence-electron chi connectivity index (χ3n) is 2.42. The van der Waals surface area contributed by atoms with Crippen molar-refractivity contribution in [2.24, 2.45) is 12.8 Å². The van der Waals surface area contributed by atoms with Gasteiger partial charge in [-0.05, 0) is 34.7 Å². The fourth-order valence-electron chi connectivity index (χ4n) is 1.64. The Hall–Kier alpha value is -0.840. The van der Waals surface area contributed by atoms with Crippen LogP contribution in [0, 0.1) is 0 Å². The number of hydrogen-bond acceptors (Lipinski definition) is 2. The standard InChI is InChI=1S/C9H12BrN3O/c1-13-9(10)8(5-2-3-5)6(12-13)4-7(11)14/h5H,2-4H2,1H3,(H2,11,14). The minimum atomic E-state index is -0.322. The second-order valence-electron chi connectivity index (χ2n) is 3.69. The van der Waals surface area contributed by atoms with Crippen molar-refractivity contribution in [2.75, 3.05) is 0 Å². The van der Waals surface area contributed by atoms with Gasteiger partial charge in [-0.3, -0.25) is 9.48 Å². The number of primary amides is 1. The number of carbonyl (C=O) groups excluding carboxylic acids is 1. The number of nitrogens with two attached hydrogens (primary N) is 1. The molecule has 1 aromatic rings. The summed E-state index contributed by atoms with van der Waals surface area (Å²) in [5.41, 5.74) is 7.17. The maximum Gasteiger partial charge on any atom is 0.223 e. The van der Waals surface area contributed by atoms with E-state index in [-0.39, 0.29) is 12.3 Å². The van der Waals surface area contributed by atoms with E-state index in [4.69, 9.17) is 5.73 Å². The van der Waals surface area contributed by atoms with Crippen molar-refractivity contribution in [3.05, 3.63) is 15.9 Å². The smallest absolute Gasteiger partial charge is 0.223 e. The Bertz CT molecular complexity index is 382. The number of amides is 1. The molecule has 1 aromatic heterocycles. The summed E-state index contributed by atoms with van der Waals surface area (Å²) >= 11 is 3.48. The quantitative estimate of drug-likeness (QED) is 0.882. The van der Waals surface area contributed by atoms with Gasteiger partial charge in [-0.2, -0.15) is 5.10 Å². The van der Waals surface area contributed by atoms with E-state index in [1.807, 2.05) is 7.05 Å². The summed E-state index contributed by atoms with van der Waals surface area (Å²) in [6.45, 7) is 0. The topological polar surface area (TPSA) is 60.9 Å². The van der Waals surface area contributed by atoms with E-state index in [0.29, 0.717) is 5.92 Å². The monoisotopic (exact) mass is 257 g/mol. The van der Waals surface area contributed by atoms with E-state index in [0.717, 1.165) is 10.3 Å². The first-order valence-electron chi connectivity index (χ1n) is 4.59. The van der Waals surface area contributed by atoms with Gasteiger partial charge < -0.3 is 5.73 Å². The largest absolute Gasteiger partial charge is 0.369 e. The predicted octanol–water partition coefficient (Wildman–Crippen LogP) is 1.09. The third-order valence-corrected chi connectivity index (χ3v) is 3.36. The van der Waals surface area contributed by atoms with E-state index in [2.05, 4.69) is 21.0 Å². The fraction of sp³-hybridized carbons (Fsp3) is 0.556. The molecule has 2 N–H and O–H groups in total. The lowest BCUT2D eigenvalue weighted by atomic mass is 10.1. The van der Waals surface area contributed by atoms with Crippen LogP contribution in [0.2, 0.25) is 0 Å². The first-order chi connectivity index (χ1) is 6.59. The molecule has 0 spiro atoms. The zero-order valence-corrected chi connectivity index (χ0v) is 9.54. The third kappa shape index (κ3) is 1.68. The van der Waals surface area contributed by atoms with Gasteiger partial charge in [0.25, 0.3) is 0 Å². The van der Waals surface area contributed by atoms with Crippen LogP contribution in [0.5, 0.6) is 0 Å². The maximum atomic E-state index is 10.8. The summed E-state index contributed by atoms with van der Waals surface area (Å²) in [5.74, 6) is 0.255. The van der Waals surface area contributed by atoms with Crippen LogP contribution in [0.4, 0.5) is 0 Å². The van der Waals surface area contributed by atoms with Crippen molar-refractivity contribution in [3.8, 4) is 0 Å². The van der Waals surface area contributed by atoms with Crippen molar-refractivity contribution < 1.29 is 4.79 Å². The molecule has 0 unspecified atom stereocenters. The van der Waals surface area contributed by atoms with Gasteiger partial charge in [-0.25, -0.2) is 0 Å². The lowest BCUT2D eigenvalue weighted by Gasteiger charge is -1.97. The molecule has 1 aliphatic carbocycles. The molecule has 4 nitrogen and oxygen atoms in total. The molecule has 1 saturated carbocycles. The fourth-order valence-corrected chi connectivity index (χ4v) is 2.28. The average molecular weight is 258 g/mol. The van der Waals surface area contributed by atoms with Gasteiger partial charge in [0, 0.05) is 12.6 Å². The SMILES string of the molecule is Cn1nc(CC(N)=O)c(C2CC2)c1Br. The van der Waals surface area contributed by atoms with E-state index in [1.165, 1.54) is 18.4 Å². The average Bonchev–Trinajstić information content (AvgIpc) is 2.83. The van der Waals surface area contributed by atoms with Crippen molar-refractivity contribution in [1.82, 2.24) is 9.78 Å². The Labute approximate surface area is 90.6 Å². The van der Waals surface area contributed by atoms with Crippen molar-refractivity contribution in [2.45, 2.75) is 25.2 Å². The highest BCUT2D eigenvalue weighted by Crippen LogP contribution is 2.44. The lowest BCUT2D eigenvalue weighted by molar-refractivity contribution is -0.117. The van der Waals surface area contributed by atoms with Gasteiger partial charge in [-0.15, -0.1) is 0 Å². The van der Waals surface area contributed by atoms with Crippen LogP contribution in [0.15, 0.2) is 4.60 Å². The van der Waals surface area contributed by atoms with Gasteiger partial charge in [0.2, 0.25) is 5.91 Å². The van der Waals surface area contributed by atoms with Crippen LogP contribution in [-0.4, -0.2) is 15.7 Å². The number of halogens is 1. The first-order valence-corrected chi connectivity index (χ1v) is 5.38. The number of nitrogens with zero attached hydrogens (tertiary/aromatic N) is 2. The Morgan fingerprint density at radius 2 is 2.36 bits per heavy atom. The Kier molecular flexibility index (Phi) is 2.34. The van der Waals surface area contributed by atoms with Gasteiger partial charge in [0.15, 0.2) is 0 Å². The molecule has 1 aliphatic rings. The van der Waals surface area contributed by atoms with Crippen molar-refractivity contribution >= 4 is 21.8 Å². The molecule has 2 rings (SSSR count). The van der Waals surface area contributed by atoms with Gasteiger partial charge in [0.05, 0.1) is 12.1 Å². The zero-order chi connectivity index (χ0) is 10.3. The van der Waals surface area contributed by atoms with Gasteiger partial charge in [-0.1, -0.05) is 0 Å². The molecule has 0 atom stereocenters. The normalized spacial score (nSPS) is 15.9. The molecule has 0 bridgehead atoms. The Morgan fingerprint density at radius 3 is 2.86 bits per heavy atom. The molecular weight excluding hydrogens is 246 g/mol. The minimum absolute atomic E-state index is 0.241. The molecule has 5 heteroatoms. The maximum absolute atomic E-state index is 10.8. The number of rotatable bonds is 3. The van der Waals surface area contributed by atoms with Crippen LogP contribution < -0.4 is 5.73 Å². The summed E-state index contributed by atoms with van der Waals surface area (Å²) in [5, 5.41) is 4.28. The van der Waals surface area contributed by atoms with E-state index >= 15 is 0 Å². The van der Waals surface area contributed by atoms with Crippen LogP contribution >= 0.6 is 15.9 Å². The lowest BCUT2D eigenvalue weighted by Crippen LogP contribution is -2.15. The molecule has 0 aromatic carbocycles. The summed E-state index contributed by atoms with van der Waals surface area (Å²) in [7, 11) is 1.86. The highest BCUT2D eigenvalue weighted by Gasteiger charge is 2.31. The number of carbonyl (C=O) groups is 1. The summed E-state index contributed by atoms with van der Waals surface area (Å²) in [6, 6.07) is 0. The summed E-state index contributed by atoms with van der Waals surface area (Å²) < 4.78 is 2.74. The number of aromatic nitrogens is 2. The minimum Gasteiger partial charge on any atom is -0.369 e. The number of hydrogen-bond donors (Lipinski definition) is 1. The Morgan fingerprint density at radius 1 is 1.71 bits per heavy atom. The van der Waals surface area contributed by atoms with E-state index in [9.17, 15) is 4.79 Å². The van der Waals surface area contributed by atoms with Gasteiger partial charge in [0.1, 0.15) is 4.60 Å². The number of aryl methyl sites for hydroxylation is 1. The molecule has 76 valence electrons. The second-order valence-corrected chi connectivity index (χ2v) is 4.44. The molecule has 0 aliphatic heterocycles. The highest BCUT2D eigenvalue weighted by atomic mass is 79.9. The van der Waals surface area contributed by atoms with Crippen LogP contribution in [0.1, 0.15) is 30.0 Å². The van der Waals surface area contributed by atoms with Gasteiger partial charge >= 0.3 is 0 Å². The predicted molar refractivity (Wildman–Crippen MR) is 55.8 cm³/mol. The van der Waals surface area contributed by atoms with Crippen molar-refractivity contribution in [3.63, 3.8) is 0 Å². The summed E-state index contributed by atoms with van der Waals surface area (Å²) in [4.78, 5) is 10.8. The van der Waals surface area contributed by atoms with E-state index in [1.54, 1.807) is 4.68 Å². The molecular formula is C9H12BrN3O. The molecule has 1 heterocycles. The zero-order valence-electron chi connectivity index (χ0n) is 7.96. The molecule has 1 fully saturated rings. The molecule has 1 amide bonds. The first kappa shape index (κ1) is 9.71. The van der Waals surface area contributed by atoms with Crippen LogP contribution in [0.25, 0.3) is 0 Å². The summed E-state index contributed by atoms with van der Waals surface area (Å²) in [6.07, 6.45) is 2.62. The van der Waals surface area contributed by atoms with Crippen molar-refractivity contribution in [1.29, 1.82) is 0 Å². The second kappa shape index (κ2) is 3.38. The molecule has 0 radical (unpaired) electrons. The molecule has 14 heavy (non-hydrogen) atoms. The van der Waals surface area contributed by atoms with E-state index < -0.39 is 0 Å². The van der Waals surface area contributed by atoms with Crippen LogP contribution in [0.3, 0.4) is 0 Å². The Balaban J connectivity index is 2.37. The van der Waals surface area contributed by atoms with Crippen LogP contribution in [-0.2, 0) is 18.3 Å². The highest BCUT2D eigenvalue weighted by molar-refractivity contribution is 9.10. The molecule has 0 saturated heterocycles.